The van der Waals surface area contributed by atoms with Gasteiger partial charge >= 0.3 is 0 Å². The molecule has 0 heterocycles. The zero-order valence-electron chi connectivity index (χ0n) is 12.9. The van der Waals surface area contributed by atoms with Gasteiger partial charge in [-0.15, -0.1) is 0 Å². The van der Waals surface area contributed by atoms with Gasteiger partial charge in [0, 0.05) is 17.3 Å². The number of aryl methyl sites for hydroxylation is 2. The minimum absolute atomic E-state index is 0.171. The highest BCUT2D eigenvalue weighted by Crippen LogP contribution is 2.21. The van der Waals surface area contributed by atoms with Crippen LogP contribution in [0.25, 0.3) is 0 Å². The van der Waals surface area contributed by atoms with Gasteiger partial charge in [-0.1, -0.05) is 18.2 Å². The van der Waals surface area contributed by atoms with Crippen LogP contribution in [0, 0.1) is 13.8 Å². The van der Waals surface area contributed by atoms with Crippen molar-refractivity contribution in [2.24, 2.45) is 4.99 Å². The molecule has 1 fully saturated rings. The van der Waals surface area contributed by atoms with Crippen molar-refractivity contribution in [3.05, 3.63) is 34.9 Å². The summed E-state index contributed by atoms with van der Waals surface area (Å²) in [6, 6.07) is 6.96. The summed E-state index contributed by atoms with van der Waals surface area (Å²) in [5, 5.41) is 3.64. The average molecular weight is 258 g/mol. The third kappa shape index (κ3) is 3.66. The first kappa shape index (κ1) is 14.3. The molecule has 2 nitrogen and oxygen atoms in total. The van der Waals surface area contributed by atoms with E-state index in [0.29, 0.717) is 6.04 Å². The smallest absolute Gasteiger partial charge is 0.0644 e. The summed E-state index contributed by atoms with van der Waals surface area (Å²) in [6.07, 6.45) is 2.38. The van der Waals surface area contributed by atoms with Crippen molar-refractivity contribution >= 4 is 5.71 Å². The molecule has 2 heteroatoms. The molecular weight excluding hydrogens is 232 g/mol. The van der Waals surface area contributed by atoms with E-state index >= 15 is 0 Å². The Morgan fingerprint density at radius 2 is 1.84 bits per heavy atom. The molecule has 0 aromatic heterocycles. The van der Waals surface area contributed by atoms with Gasteiger partial charge in [-0.3, -0.25) is 4.99 Å². The van der Waals surface area contributed by atoms with E-state index in [0.717, 1.165) is 13.0 Å². The maximum absolute atomic E-state index is 4.84. The van der Waals surface area contributed by atoms with E-state index < -0.39 is 0 Å². The van der Waals surface area contributed by atoms with E-state index in [1.165, 1.54) is 28.8 Å². The Bertz CT molecular complexity index is 460. The molecule has 0 saturated heterocycles. The van der Waals surface area contributed by atoms with Crippen molar-refractivity contribution in [1.82, 2.24) is 5.32 Å². The lowest BCUT2D eigenvalue weighted by atomic mass is 9.87. The molecule has 1 aromatic carbocycles. The molecule has 1 N–H and O–H groups in total. The Kier molecular flexibility index (Phi) is 4.10. The number of aliphatic imine (C=N–C) groups is 1. The second-order valence-electron chi connectivity index (χ2n) is 6.66. The van der Waals surface area contributed by atoms with Crippen LogP contribution in [0.4, 0.5) is 0 Å². The molecule has 2 rings (SSSR count). The normalized spacial score (nSPS) is 21.5. The monoisotopic (exact) mass is 258 g/mol. The van der Waals surface area contributed by atoms with Crippen LogP contribution in [-0.4, -0.2) is 17.3 Å². The van der Waals surface area contributed by atoms with Crippen LogP contribution in [0.1, 0.15) is 50.3 Å². The topological polar surface area (TPSA) is 24.4 Å². The Balaban J connectivity index is 2.03. The summed E-state index contributed by atoms with van der Waals surface area (Å²) in [6.45, 7) is 11.8. The summed E-state index contributed by atoms with van der Waals surface area (Å²) >= 11 is 0. The molecular formula is C17H26N2. The molecule has 1 aromatic rings. The SMILES string of the molecule is Cc1cccc(C)c1CN=C1CCC1NC(C)(C)C. The van der Waals surface area contributed by atoms with Gasteiger partial charge in [0.25, 0.3) is 0 Å². The first-order chi connectivity index (χ1) is 8.87. The fraction of sp³-hybridized carbons (Fsp3) is 0.588. The van der Waals surface area contributed by atoms with Gasteiger partial charge in [0.1, 0.15) is 0 Å². The molecule has 1 unspecified atom stereocenters. The van der Waals surface area contributed by atoms with Crippen LogP contribution in [0.2, 0.25) is 0 Å². The third-order valence-corrected chi connectivity index (χ3v) is 3.78. The maximum atomic E-state index is 4.84. The standard InChI is InChI=1S/C17H26N2/c1-12-7-6-8-13(2)14(12)11-18-15-9-10-16(15)19-17(3,4)5/h6-8,16,19H,9-11H2,1-5H3. The highest BCUT2D eigenvalue weighted by atomic mass is 15.0. The van der Waals surface area contributed by atoms with E-state index in [2.05, 4.69) is 58.1 Å². The molecule has 19 heavy (non-hydrogen) atoms. The minimum Gasteiger partial charge on any atom is -0.304 e. The highest BCUT2D eigenvalue weighted by molar-refractivity contribution is 5.94. The summed E-state index contributed by atoms with van der Waals surface area (Å²) < 4.78 is 0. The quantitative estimate of drug-likeness (QED) is 0.876. The van der Waals surface area contributed by atoms with Gasteiger partial charge < -0.3 is 5.32 Å². The van der Waals surface area contributed by atoms with Gasteiger partial charge in [-0.25, -0.2) is 0 Å². The Labute approximate surface area is 117 Å². The number of nitrogens with one attached hydrogen (secondary N) is 1. The van der Waals surface area contributed by atoms with Gasteiger partial charge in [0.2, 0.25) is 0 Å². The second kappa shape index (κ2) is 5.46. The van der Waals surface area contributed by atoms with Crippen molar-refractivity contribution in [3.63, 3.8) is 0 Å². The zero-order chi connectivity index (χ0) is 14.0. The number of hydrogen-bond acceptors (Lipinski definition) is 2. The molecule has 104 valence electrons. The summed E-state index contributed by atoms with van der Waals surface area (Å²) in [7, 11) is 0. The first-order valence-electron chi connectivity index (χ1n) is 7.23. The fourth-order valence-electron chi connectivity index (χ4n) is 2.56. The highest BCUT2D eigenvalue weighted by Gasteiger charge is 2.28. The Hall–Kier alpha value is -1.15. The molecule has 0 radical (unpaired) electrons. The van der Waals surface area contributed by atoms with E-state index in [1.807, 2.05) is 0 Å². The average Bonchev–Trinajstić information content (AvgIpc) is 2.27. The number of benzene rings is 1. The largest absolute Gasteiger partial charge is 0.304 e. The number of hydrogen-bond donors (Lipinski definition) is 1. The van der Waals surface area contributed by atoms with Gasteiger partial charge in [-0.05, 0) is 64.2 Å². The van der Waals surface area contributed by atoms with Gasteiger partial charge in [0.15, 0.2) is 0 Å². The molecule has 0 spiro atoms. The lowest BCUT2D eigenvalue weighted by Crippen LogP contribution is -2.52. The molecule has 1 aliphatic carbocycles. The summed E-state index contributed by atoms with van der Waals surface area (Å²) in [4.78, 5) is 4.84. The van der Waals surface area contributed by atoms with E-state index in [-0.39, 0.29) is 5.54 Å². The minimum atomic E-state index is 0.171. The molecule has 0 bridgehead atoms. The zero-order valence-corrected chi connectivity index (χ0v) is 12.9. The molecule has 1 atom stereocenters. The van der Waals surface area contributed by atoms with E-state index in [4.69, 9.17) is 4.99 Å². The van der Waals surface area contributed by atoms with Gasteiger partial charge in [0.05, 0.1) is 6.54 Å². The van der Waals surface area contributed by atoms with Crippen LogP contribution in [0.15, 0.2) is 23.2 Å². The van der Waals surface area contributed by atoms with Crippen molar-refractivity contribution in [1.29, 1.82) is 0 Å². The molecule has 0 aliphatic heterocycles. The van der Waals surface area contributed by atoms with E-state index in [1.54, 1.807) is 0 Å². The summed E-state index contributed by atoms with van der Waals surface area (Å²) in [5.41, 5.74) is 5.60. The van der Waals surface area contributed by atoms with E-state index in [9.17, 15) is 0 Å². The predicted octanol–water partition coefficient (Wildman–Crippen LogP) is 3.79. The molecule has 0 amide bonds. The fourth-order valence-corrected chi connectivity index (χ4v) is 2.56. The Morgan fingerprint density at radius 1 is 1.21 bits per heavy atom. The molecule has 1 saturated carbocycles. The van der Waals surface area contributed by atoms with Crippen LogP contribution in [0.3, 0.4) is 0 Å². The predicted molar refractivity (Wildman–Crippen MR) is 83.0 cm³/mol. The molecule has 1 aliphatic rings. The van der Waals surface area contributed by atoms with Crippen LogP contribution >= 0.6 is 0 Å². The summed E-state index contributed by atoms with van der Waals surface area (Å²) in [5.74, 6) is 0. The maximum Gasteiger partial charge on any atom is 0.0644 e. The van der Waals surface area contributed by atoms with Crippen molar-refractivity contribution in [3.8, 4) is 0 Å². The Morgan fingerprint density at radius 3 is 2.32 bits per heavy atom. The van der Waals surface area contributed by atoms with Crippen molar-refractivity contribution < 1.29 is 0 Å². The van der Waals surface area contributed by atoms with Crippen molar-refractivity contribution in [2.45, 2.75) is 65.6 Å². The lowest BCUT2D eigenvalue weighted by molar-refractivity contribution is 0.370. The van der Waals surface area contributed by atoms with Gasteiger partial charge in [-0.2, -0.15) is 0 Å². The van der Waals surface area contributed by atoms with Crippen LogP contribution in [-0.2, 0) is 6.54 Å². The van der Waals surface area contributed by atoms with Crippen LogP contribution in [0.5, 0.6) is 0 Å². The number of rotatable bonds is 3. The van der Waals surface area contributed by atoms with Crippen molar-refractivity contribution in [2.75, 3.05) is 0 Å². The lowest BCUT2D eigenvalue weighted by Gasteiger charge is -2.35. The second-order valence-corrected chi connectivity index (χ2v) is 6.66. The third-order valence-electron chi connectivity index (χ3n) is 3.78. The first-order valence-corrected chi connectivity index (χ1v) is 7.23. The number of nitrogens with zero attached hydrogens (tertiary/aromatic N) is 1. The van der Waals surface area contributed by atoms with Crippen LogP contribution < -0.4 is 5.32 Å².